The van der Waals surface area contributed by atoms with Crippen molar-refractivity contribution < 1.29 is 4.74 Å². The van der Waals surface area contributed by atoms with Crippen molar-refractivity contribution in [3.05, 3.63) is 0 Å². The molecule has 0 aromatic carbocycles. The zero-order valence-electron chi connectivity index (χ0n) is 11.1. The Morgan fingerprint density at radius 3 is 2.56 bits per heavy atom. The van der Waals surface area contributed by atoms with Crippen molar-refractivity contribution in [3.63, 3.8) is 0 Å². The molecule has 2 aliphatic carbocycles. The molecule has 1 N–H and O–H groups in total. The van der Waals surface area contributed by atoms with Gasteiger partial charge < -0.3 is 10.1 Å². The van der Waals surface area contributed by atoms with Gasteiger partial charge in [-0.2, -0.15) is 5.26 Å². The molecule has 18 heavy (non-hydrogen) atoms. The summed E-state index contributed by atoms with van der Waals surface area (Å²) in [5.41, 5.74) is 0. The van der Waals surface area contributed by atoms with Gasteiger partial charge >= 0.3 is 0 Å². The summed E-state index contributed by atoms with van der Waals surface area (Å²) in [6.45, 7) is 0.906. The summed E-state index contributed by atoms with van der Waals surface area (Å²) in [5.74, 6) is 1.02. The highest BCUT2D eigenvalue weighted by Crippen LogP contribution is 2.39. The molecule has 3 heteroatoms. The topological polar surface area (TPSA) is 45.0 Å². The van der Waals surface area contributed by atoms with Gasteiger partial charge in [-0.1, -0.05) is 19.3 Å². The number of ether oxygens (including phenoxy) is 1. The highest BCUT2D eigenvalue weighted by Gasteiger charge is 2.41. The van der Waals surface area contributed by atoms with Crippen molar-refractivity contribution in [1.82, 2.24) is 5.32 Å². The highest BCUT2D eigenvalue weighted by molar-refractivity contribution is 4.99. The molecule has 4 unspecified atom stereocenters. The molecule has 3 fully saturated rings. The minimum absolute atomic E-state index is 0.216. The minimum atomic E-state index is 0.216. The smallest absolute Gasteiger partial charge is 0.0757 e. The van der Waals surface area contributed by atoms with Gasteiger partial charge in [0.1, 0.15) is 0 Å². The first-order chi connectivity index (χ1) is 8.88. The van der Waals surface area contributed by atoms with E-state index in [4.69, 9.17) is 4.74 Å². The number of nitrogens with zero attached hydrogens (tertiary/aromatic N) is 1. The maximum absolute atomic E-state index is 9.33. The molecule has 0 bridgehead atoms. The molecule has 3 aliphatic rings. The van der Waals surface area contributed by atoms with E-state index < -0.39 is 0 Å². The Bertz CT molecular complexity index is 321. The maximum atomic E-state index is 9.33. The highest BCUT2D eigenvalue weighted by atomic mass is 16.5. The van der Waals surface area contributed by atoms with Crippen LogP contribution >= 0.6 is 0 Å². The van der Waals surface area contributed by atoms with Crippen molar-refractivity contribution >= 4 is 0 Å². The third-order valence-electron chi connectivity index (χ3n) is 4.83. The average molecular weight is 248 g/mol. The van der Waals surface area contributed by atoms with Crippen LogP contribution in [-0.2, 0) is 4.74 Å². The molecule has 1 saturated heterocycles. The molecule has 100 valence electrons. The first-order valence-corrected chi connectivity index (χ1v) is 7.66. The van der Waals surface area contributed by atoms with Crippen LogP contribution in [0.15, 0.2) is 0 Å². The lowest BCUT2D eigenvalue weighted by Gasteiger charge is -2.28. The molecule has 0 spiro atoms. The van der Waals surface area contributed by atoms with E-state index in [1.165, 1.54) is 38.5 Å². The molecule has 1 aliphatic heterocycles. The van der Waals surface area contributed by atoms with Crippen LogP contribution in [0.25, 0.3) is 0 Å². The van der Waals surface area contributed by atoms with Gasteiger partial charge in [0, 0.05) is 18.7 Å². The SMILES string of the molecule is N#CC1CCCCCC1NC1CCOC1C1CC1. The molecule has 3 rings (SSSR count). The summed E-state index contributed by atoms with van der Waals surface area (Å²) in [5, 5.41) is 13.1. The van der Waals surface area contributed by atoms with Gasteiger partial charge in [-0.15, -0.1) is 0 Å². The van der Waals surface area contributed by atoms with E-state index in [9.17, 15) is 5.26 Å². The average Bonchev–Trinajstić information content (AvgIpc) is 3.16. The van der Waals surface area contributed by atoms with Crippen LogP contribution in [-0.4, -0.2) is 24.8 Å². The van der Waals surface area contributed by atoms with E-state index in [2.05, 4.69) is 11.4 Å². The Balaban J connectivity index is 1.60. The van der Waals surface area contributed by atoms with Crippen LogP contribution in [0.4, 0.5) is 0 Å². The predicted molar refractivity (Wildman–Crippen MR) is 70.0 cm³/mol. The number of nitriles is 1. The molecular weight excluding hydrogens is 224 g/mol. The van der Waals surface area contributed by atoms with Crippen molar-refractivity contribution in [2.45, 2.75) is 69.6 Å². The second-order valence-corrected chi connectivity index (χ2v) is 6.21. The van der Waals surface area contributed by atoms with Crippen molar-refractivity contribution in [2.24, 2.45) is 11.8 Å². The summed E-state index contributed by atoms with van der Waals surface area (Å²) in [6.07, 6.45) is 10.3. The van der Waals surface area contributed by atoms with E-state index in [0.717, 1.165) is 25.4 Å². The fourth-order valence-electron chi connectivity index (χ4n) is 3.62. The summed E-state index contributed by atoms with van der Waals surface area (Å²) < 4.78 is 5.89. The fourth-order valence-corrected chi connectivity index (χ4v) is 3.62. The summed E-state index contributed by atoms with van der Waals surface area (Å²) >= 11 is 0. The minimum Gasteiger partial charge on any atom is -0.376 e. The first kappa shape index (κ1) is 12.4. The molecule has 4 atom stereocenters. The third-order valence-corrected chi connectivity index (χ3v) is 4.83. The third kappa shape index (κ3) is 2.70. The predicted octanol–water partition coefficient (Wildman–Crippen LogP) is 2.62. The molecule has 0 aromatic heterocycles. The van der Waals surface area contributed by atoms with E-state index in [0.29, 0.717) is 18.2 Å². The normalized spacial score (nSPS) is 41.3. The van der Waals surface area contributed by atoms with Gasteiger partial charge in [-0.3, -0.25) is 0 Å². The van der Waals surface area contributed by atoms with Crippen LogP contribution < -0.4 is 5.32 Å². The number of hydrogen-bond acceptors (Lipinski definition) is 3. The lowest BCUT2D eigenvalue weighted by molar-refractivity contribution is 0.0774. The fraction of sp³-hybridized carbons (Fsp3) is 0.933. The summed E-state index contributed by atoms with van der Waals surface area (Å²) in [6, 6.07) is 3.44. The van der Waals surface area contributed by atoms with Crippen LogP contribution in [0.3, 0.4) is 0 Å². The largest absolute Gasteiger partial charge is 0.376 e. The van der Waals surface area contributed by atoms with E-state index in [1.54, 1.807) is 0 Å². The Morgan fingerprint density at radius 1 is 0.944 bits per heavy atom. The van der Waals surface area contributed by atoms with Gasteiger partial charge in [-0.05, 0) is 38.0 Å². The lowest BCUT2D eigenvalue weighted by atomic mass is 9.94. The molecule has 0 aromatic rings. The summed E-state index contributed by atoms with van der Waals surface area (Å²) in [4.78, 5) is 0. The summed E-state index contributed by atoms with van der Waals surface area (Å²) in [7, 11) is 0. The van der Waals surface area contributed by atoms with E-state index in [-0.39, 0.29) is 5.92 Å². The Hall–Kier alpha value is -0.590. The molecule has 2 saturated carbocycles. The van der Waals surface area contributed by atoms with Crippen LogP contribution in [0.1, 0.15) is 51.4 Å². The molecular formula is C15H24N2O. The number of rotatable bonds is 3. The van der Waals surface area contributed by atoms with Gasteiger partial charge in [0.2, 0.25) is 0 Å². The molecule has 0 radical (unpaired) electrons. The van der Waals surface area contributed by atoms with E-state index >= 15 is 0 Å². The Labute approximate surface area is 110 Å². The lowest BCUT2D eigenvalue weighted by Crippen LogP contribution is -2.46. The second-order valence-electron chi connectivity index (χ2n) is 6.21. The van der Waals surface area contributed by atoms with Crippen molar-refractivity contribution in [2.75, 3.05) is 6.61 Å². The zero-order chi connectivity index (χ0) is 12.4. The van der Waals surface area contributed by atoms with Gasteiger partial charge in [0.15, 0.2) is 0 Å². The Kier molecular flexibility index (Phi) is 3.86. The monoisotopic (exact) mass is 248 g/mol. The molecule has 0 amide bonds. The van der Waals surface area contributed by atoms with Crippen molar-refractivity contribution in [1.29, 1.82) is 5.26 Å². The molecule has 3 nitrogen and oxygen atoms in total. The second kappa shape index (κ2) is 5.59. The Morgan fingerprint density at radius 2 is 1.78 bits per heavy atom. The van der Waals surface area contributed by atoms with Crippen LogP contribution in [0.2, 0.25) is 0 Å². The van der Waals surface area contributed by atoms with Crippen LogP contribution in [0, 0.1) is 23.2 Å². The van der Waals surface area contributed by atoms with Crippen molar-refractivity contribution in [3.8, 4) is 6.07 Å². The first-order valence-electron chi connectivity index (χ1n) is 7.66. The van der Waals surface area contributed by atoms with E-state index in [1.807, 2.05) is 0 Å². The van der Waals surface area contributed by atoms with Gasteiger partial charge in [-0.25, -0.2) is 0 Å². The standard InChI is InChI=1S/C15H24N2O/c16-10-12-4-2-1-3-5-13(12)17-14-8-9-18-15(14)11-6-7-11/h11-15,17H,1-9H2. The number of hydrogen-bond donors (Lipinski definition) is 1. The van der Waals surface area contributed by atoms with Gasteiger partial charge in [0.05, 0.1) is 18.1 Å². The zero-order valence-corrected chi connectivity index (χ0v) is 11.1. The quantitative estimate of drug-likeness (QED) is 0.781. The van der Waals surface area contributed by atoms with Gasteiger partial charge in [0.25, 0.3) is 0 Å². The number of nitrogens with one attached hydrogen (secondary N) is 1. The van der Waals surface area contributed by atoms with Crippen LogP contribution in [0.5, 0.6) is 0 Å². The molecule has 1 heterocycles. The maximum Gasteiger partial charge on any atom is 0.0757 e.